The van der Waals surface area contributed by atoms with Crippen molar-refractivity contribution in [3.8, 4) is 0 Å². The predicted molar refractivity (Wildman–Crippen MR) is 51.2 cm³/mol. The molecule has 1 amide bonds. The van der Waals surface area contributed by atoms with E-state index in [1.54, 1.807) is 0 Å². The van der Waals surface area contributed by atoms with Gasteiger partial charge in [-0.05, 0) is 39.5 Å². The molecule has 0 saturated heterocycles. The van der Waals surface area contributed by atoms with E-state index < -0.39 is 5.60 Å². The van der Waals surface area contributed by atoms with Crippen molar-refractivity contribution in [1.82, 2.24) is 5.32 Å². The number of rotatable bonds is 1. The fourth-order valence-corrected chi connectivity index (χ4v) is 1.33. The Bertz CT molecular complexity index is 190. The maximum atomic E-state index is 11.2. The lowest BCUT2D eigenvalue weighted by atomic mass is 9.82. The van der Waals surface area contributed by atoms with Crippen molar-refractivity contribution in [2.45, 2.75) is 45.3 Å². The van der Waals surface area contributed by atoms with Crippen LogP contribution >= 0.6 is 0 Å². The summed E-state index contributed by atoms with van der Waals surface area (Å²) in [5.74, 6) is 0.500. The minimum atomic E-state index is -0.405. The summed E-state index contributed by atoms with van der Waals surface area (Å²) >= 11 is 0. The van der Waals surface area contributed by atoms with Gasteiger partial charge in [-0.3, -0.25) is 0 Å². The third kappa shape index (κ3) is 3.66. The maximum Gasteiger partial charge on any atom is 0.407 e. The highest BCUT2D eigenvalue weighted by atomic mass is 16.6. The van der Waals surface area contributed by atoms with E-state index in [9.17, 15) is 4.79 Å². The highest BCUT2D eigenvalue weighted by Gasteiger charge is 2.28. The maximum absolute atomic E-state index is 11.2. The summed E-state index contributed by atoms with van der Waals surface area (Å²) in [7, 11) is 0. The van der Waals surface area contributed by atoms with Crippen LogP contribution in [0.4, 0.5) is 4.79 Å². The quantitative estimate of drug-likeness (QED) is 0.678. The normalized spacial score (nSPS) is 27.7. The smallest absolute Gasteiger partial charge is 0.407 e. The molecule has 1 aliphatic rings. The second-order valence-corrected chi connectivity index (χ2v) is 4.68. The van der Waals surface area contributed by atoms with Crippen molar-refractivity contribution in [2.75, 3.05) is 0 Å². The standard InChI is InChI=1S/C10H18NO2/c1-7-5-8(6-7)11-9(12)13-10(2,3)4/h7-8H,1,5-6H2,2-4H3,(H,11,12)/t7-,8-. The van der Waals surface area contributed by atoms with E-state index in [0.29, 0.717) is 5.92 Å². The van der Waals surface area contributed by atoms with Gasteiger partial charge >= 0.3 is 6.09 Å². The number of alkyl carbamates (subject to hydrolysis) is 1. The lowest BCUT2D eigenvalue weighted by Gasteiger charge is -2.33. The zero-order valence-electron chi connectivity index (χ0n) is 8.59. The number of amides is 1. The molecule has 0 aliphatic heterocycles. The summed E-state index contributed by atoms with van der Waals surface area (Å²) in [6, 6.07) is 0.275. The first kappa shape index (κ1) is 10.4. The van der Waals surface area contributed by atoms with Crippen LogP contribution in [0.3, 0.4) is 0 Å². The molecule has 0 aromatic heterocycles. The topological polar surface area (TPSA) is 38.3 Å². The summed E-state index contributed by atoms with van der Waals surface area (Å²) in [5, 5.41) is 2.80. The molecule has 1 fully saturated rings. The number of carbonyl (C=O) groups is 1. The van der Waals surface area contributed by atoms with Gasteiger partial charge in [-0.25, -0.2) is 4.79 Å². The first-order chi connectivity index (χ1) is 5.87. The Hall–Kier alpha value is -0.730. The Morgan fingerprint density at radius 2 is 2.00 bits per heavy atom. The van der Waals surface area contributed by atoms with E-state index in [4.69, 9.17) is 4.74 Å². The summed E-state index contributed by atoms with van der Waals surface area (Å²) in [6.45, 7) is 9.46. The Labute approximate surface area is 79.8 Å². The molecule has 0 atom stereocenters. The summed E-state index contributed by atoms with van der Waals surface area (Å²) < 4.78 is 5.11. The average molecular weight is 184 g/mol. The van der Waals surface area contributed by atoms with Gasteiger partial charge in [-0.15, -0.1) is 0 Å². The average Bonchev–Trinajstić information content (AvgIpc) is 1.79. The molecule has 3 nitrogen and oxygen atoms in total. The van der Waals surface area contributed by atoms with Crippen molar-refractivity contribution in [3.63, 3.8) is 0 Å². The predicted octanol–water partition coefficient (Wildman–Crippen LogP) is 2.12. The van der Waals surface area contributed by atoms with Gasteiger partial charge in [0.1, 0.15) is 5.60 Å². The largest absolute Gasteiger partial charge is 0.444 e. The summed E-state index contributed by atoms with van der Waals surface area (Å²) in [5.41, 5.74) is -0.405. The fourth-order valence-electron chi connectivity index (χ4n) is 1.33. The van der Waals surface area contributed by atoms with Gasteiger partial charge in [0, 0.05) is 6.04 Å². The minimum Gasteiger partial charge on any atom is -0.444 e. The molecule has 0 aromatic rings. The highest BCUT2D eigenvalue weighted by Crippen LogP contribution is 2.26. The van der Waals surface area contributed by atoms with Crippen LogP contribution in [0, 0.1) is 12.8 Å². The van der Waals surface area contributed by atoms with Gasteiger partial charge in [-0.2, -0.15) is 0 Å². The lowest BCUT2D eigenvalue weighted by Crippen LogP contribution is -2.45. The summed E-state index contributed by atoms with van der Waals surface area (Å²) in [4.78, 5) is 11.2. The molecule has 0 unspecified atom stereocenters. The fraction of sp³-hybridized carbons (Fsp3) is 0.800. The van der Waals surface area contributed by atoms with Crippen molar-refractivity contribution in [1.29, 1.82) is 0 Å². The molecule has 0 aromatic carbocycles. The van der Waals surface area contributed by atoms with Crippen LogP contribution in [0.25, 0.3) is 0 Å². The van der Waals surface area contributed by atoms with Gasteiger partial charge in [-0.1, -0.05) is 6.92 Å². The van der Waals surface area contributed by atoms with Gasteiger partial charge in [0.15, 0.2) is 0 Å². The molecule has 1 saturated carbocycles. The van der Waals surface area contributed by atoms with E-state index in [1.807, 2.05) is 20.8 Å². The molecule has 0 bridgehead atoms. The van der Waals surface area contributed by atoms with Crippen molar-refractivity contribution < 1.29 is 9.53 Å². The number of nitrogens with one attached hydrogen (secondary N) is 1. The van der Waals surface area contributed by atoms with Gasteiger partial charge in [0.05, 0.1) is 0 Å². The Morgan fingerprint density at radius 3 is 2.38 bits per heavy atom. The van der Waals surface area contributed by atoms with Crippen LogP contribution < -0.4 is 5.32 Å². The second-order valence-electron chi connectivity index (χ2n) is 4.68. The lowest BCUT2D eigenvalue weighted by molar-refractivity contribution is 0.0464. The van der Waals surface area contributed by atoms with Crippen molar-refractivity contribution >= 4 is 6.09 Å². The molecular formula is C10H18NO2. The second kappa shape index (κ2) is 3.56. The van der Waals surface area contributed by atoms with Crippen LogP contribution in [0.15, 0.2) is 0 Å². The zero-order chi connectivity index (χ0) is 10.1. The van der Waals surface area contributed by atoms with E-state index in [0.717, 1.165) is 12.8 Å². The molecule has 1 rings (SSSR count). The molecule has 0 heterocycles. The Morgan fingerprint density at radius 1 is 1.46 bits per heavy atom. The van der Waals surface area contributed by atoms with Crippen molar-refractivity contribution in [3.05, 3.63) is 6.92 Å². The van der Waals surface area contributed by atoms with E-state index in [-0.39, 0.29) is 12.1 Å². The molecule has 1 radical (unpaired) electrons. The Balaban J connectivity index is 2.19. The van der Waals surface area contributed by atoms with E-state index >= 15 is 0 Å². The SMILES string of the molecule is [CH2][C@H]1C[C@H](NC(=O)OC(C)(C)C)C1. The first-order valence-corrected chi connectivity index (χ1v) is 4.69. The number of ether oxygens (including phenoxy) is 1. The molecule has 3 heteroatoms. The third-order valence-electron chi connectivity index (χ3n) is 1.96. The number of carbonyl (C=O) groups excluding carboxylic acids is 1. The molecule has 0 spiro atoms. The molecule has 1 aliphatic carbocycles. The Kier molecular flexibility index (Phi) is 2.84. The van der Waals surface area contributed by atoms with Crippen molar-refractivity contribution in [2.24, 2.45) is 5.92 Å². The molecule has 13 heavy (non-hydrogen) atoms. The molecule has 1 N–H and O–H groups in total. The number of hydrogen-bond donors (Lipinski definition) is 1. The summed E-state index contributed by atoms with van der Waals surface area (Å²) in [6.07, 6.45) is 1.63. The van der Waals surface area contributed by atoms with Gasteiger partial charge in [0.25, 0.3) is 0 Å². The van der Waals surface area contributed by atoms with E-state index in [2.05, 4.69) is 12.2 Å². The molecule has 75 valence electrons. The highest BCUT2D eigenvalue weighted by molar-refractivity contribution is 5.68. The van der Waals surface area contributed by atoms with Crippen LogP contribution in [0.1, 0.15) is 33.6 Å². The monoisotopic (exact) mass is 184 g/mol. The van der Waals surface area contributed by atoms with Gasteiger partial charge < -0.3 is 10.1 Å². The van der Waals surface area contributed by atoms with Gasteiger partial charge in [0.2, 0.25) is 0 Å². The zero-order valence-corrected chi connectivity index (χ0v) is 8.59. The van der Waals surface area contributed by atoms with Crippen LogP contribution in [0.2, 0.25) is 0 Å². The van der Waals surface area contributed by atoms with Crippen LogP contribution in [-0.4, -0.2) is 17.7 Å². The third-order valence-corrected chi connectivity index (χ3v) is 1.96. The first-order valence-electron chi connectivity index (χ1n) is 4.69. The molecular weight excluding hydrogens is 166 g/mol. The van der Waals surface area contributed by atoms with Crippen LogP contribution in [0.5, 0.6) is 0 Å². The van der Waals surface area contributed by atoms with E-state index in [1.165, 1.54) is 0 Å². The minimum absolute atomic E-state index is 0.275. The number of hydrogen-bond acceptors (Lipinski definition) is 2. The van der Waals surface area contributed by atoms with Crippen LogP contribution in [-0.2, 0) is 4.74 Å².